The maximum Gasteiger partial charge on any atom is 0.0450 e. The van der Waals surface area contributed by atoms with Crippen molar-refractivity contribution in [1.82, 2.24) is 4.98 Å². The number of nitrogens with zero attached hydrogens (tertiary/aromatic N) is 1. The summed E-state index contributed by atoms with van der Waals surface area (Å²) in [6.07, 6.45) is 1.81. The van der Waals surface area contributed by atoms with Gasteiger partial charge in [0.2, 0.25) is 0 Å². The predicted molar refractivity (Wildman–Crippen MR) is 86.4 cm³/mol. The van der Waals surface area contributed by atoms with E-state index in [9.17, 15) is 0 Å². The van der Waals surface area contributed by atoms with Crippen molar-refractivity contribution in [2.45, 2.75) is 18.9 Å². The Morgan fingerprint density at radius 2 is 2.06 bits per heavy atom. The summed E-state index contributed by atoms with van der Waals surface area (Å²) < 4.78 is 2.24. The van der Waals surface area contributed by atoms with Gasteiger partial charge in [-0.2, -0.15) is 0 Å². The van der Waals surface area contributed by atoms with Gasteiger partial charge in [0, 0.05) is 31.9 Å². The molecule has 0 aliphatic heterocycles. The molecule has 1 aromatic carbocycles. The van der Waals surface area contributed by atoms with Gasteiger partial charge < -0.3 is 5.73 Å². The quantitative estimate of drug-likeness (QED) is 0.759. The van der Waals surface area contributed by atoms with Crippen molar-refractivity contribution in [2.24, 2.45) is 5.73 Å². The van der Waals surface area contributed by atoms with Crippen LogP contribution >= 0.6 is 38.5 Å². The van der Waals surface area contributed by atoms with Crippen LogP contribution < -0.4 is 5.73 Å². The summed E-state index contributed by atoms with van der Waals surface area (Å²) in [7, 11) is 0. The molecule has 1 heterocycles. The topological polar surface area (TPSA) is 38.9 Å². The van der Waals surface area contributed by atoms with Gasteiger partial charge in [-0.1, -0.05) is 28.9 Å². The Balaban J connectivity index is 2.31. The van der Waals surface area contributed by atoms with Gasteiger partial charge in [0.15, 0.2) is 0 Å². The number of nitrogens with two attached hydrogens (primary N) is 1. The summed E-state index contributed by atoms with van der Waals surface area (Å²) in [6.45, 7) is 2.12. The van der Waals surface area contributed by atoms with Crippen LogP contribution in [0.5, 0.6) is 0 Å². The highest BCUT2D eigenvalue weighted by molar-refractivity contribution is 14.1. The van der Waals surface area contributed by atoms with Crippen molar-refractivity contribution in [2.75, 3.05) is 0 Å². The molecule has 0 fully saturated rings. The van der Waals surface area contributed by atoms with E-state index in [1.807, 2.05) is 30.5 Å². The van der Waals surface area contributed by atoms with E-state index in [0.29, 0.717) is 0 Å². The van der Waals surface area contributed by atoms with Crippen LogP contribution in [0.3, 0.4) is 0 Å². The van der Waals surface area contributed by atoms with Crippen LogP contribution in [0.1, 0.15) is 30.1 Å². The second-order valence-electron chi connectivity index (χ2n) is 4.23. The summed E-state index contributed by atoms with van der Waals surface area (Å²) in [5, 5.41) is 0. The fourth-order valence-corrected chi connectivity index (χ4v) is 2.94. The smallest absolute Gasteiger partial charge is 0.0450 e. The Morgan fingerprint density at radius 3 is 2.72 bits per heavy atom. The molecular formula is C14H14BrIN2. The fourth-order valence-electron chi connectivity index (χ4n) is 1.87. The number of pyridine rings is 1. The summed E-state index contributed by atoms with van der Waals surface area (Å²) >= 11 is 5.82. The average Bonchev–Trinajstić information content (AvgIpc) is 2.41. The molecule has 18 heavy (non-hydrogen) atoms. The van der Waals surface area contributed by atoms with Crippen molar-refractivity contribution in [3.63, 3.8) is 0 Å². The molecule has 2 unspecified atom stereocenters. The van der Waals surface area contributed by atoms with Crippen LogP contribution in [0, 0.1) is 3.57 Å². The van der Waals surface area contributed by atoms with Crippen molar-refractivity contribution in [1.29, 1.82) is 0 Å². The first-order valence-corrected chi connectivity index (χ1v) is 7.58. The third-order valence-corrected chi connectivity index (χ3v) is 4.49. The first-order chi connectivity index (χ1) is 8.59. The molecule has 2 aromatic rings. The summed E-state index contributed by atoms with van der Waals surface area (Å²) in [5.74, 6) is 0.189. The van der Waals surface area contributed by atoms with Gasteiger partial charge in [0.25, 0.3) is 0 Å². The zero-order valence-corrected chi connectivity index (χ0v) is 13.7. The van der Waals surface area contributed by atoms with Gasteiger partial charge in [-0.05, 0) is 58.5 Å². The van der Waals surface area contributed by atoms with Gasteiger partial charge >= 0.3 is 0 Å². The third kappa shape index (κ3) is 3.10. The molecular weight excluding hydrogens is 403 g/mol. The molecule has 2 atom stereocenters. The van der Waals surface area contributed by atoms with Crippen molar-refractivity contribution in [3.8, 4) is 0 Å². The van der Waals surface area contributed by atoms with Gasteiger partial charge in [0.05, 0.1) is 0 Å². The highest BCUT2D eigenvalue weighted by Crippen LogP contribution is 2.31. The van der Waals surface area contributed by atoms with Gasteiger partial charge in [-0.3, -0.25) is 4.98 Å². The lowest BCUT2D eigenvalue weighted by Crippen LogP contribution is -2.19. The van der Waals surface area contributed by atoms with Crippen LogP contribution in [0.2, 0.25) is 0 Å². The maximum atomic E-state index is 6.37. The number of hydrogen-bond acceptors (Lipinski definition) is 2. The van der Waals surface area contributed by atoms with E-state index >= 15 is 0 Å². The van der Waals surface area contributed by atoms with Crippen molar-refractivity contribution < 1.29 is 0 Å². The zero-order chi connectivity index (χ0) is 13.1. The van der Waals surface area contributed by atoms with Crippen molar-refractivity contribution in [3.05, 3.63) is 61.9 Å². The predicted octanol–water partition coefficient (Wildman–Crippen LogP) is 4.25. The number of halogens is 2. The molecule has 0 spiro atoms. The van der Waals surface area contributed by atoms with Gasteiger partial charge in [-0.25, -0.2) is 0 Å². The molecule has 0 aliphatic carbocycles. The van der Waals surface area contributed by atoms with E-state index in [0.717, 1.165) is 15.7 Å². The minimum Gasteiger partial charge on any atom is -0.323 e. The van der Waals surface area contributed by atoms with Gasteiger partial charge in [-0.15, -0.1) is 0 Å². The van der Waals surface area contributed by atoms with E-state index in [2.05, 4.69) is 62.6 Å². The van der Waals surface area contributed by atoms with Crippen LogP contribution in [-0.4, -0.2) is 4.98 Å². The number of benzene rings is 1. The van der Waals surface area contributed by atoms with Crippen molar-refractivity contribution >= 4 is 38.5 Å². The second-order valence-corrected chi connectivity index (χ2v) is 6.31. The van der Waals surface area contributed by atoms with Crippen LogP contribution in [0.4, 0.5) is 0 Å². The Labute approximate surface area is 129 Å². The summed E-state index contributed by atoms with van der Waals surface area (Å²) in [4.78, 5) is 4.38. The highest BCUT2D eigenvalue weighted by atomic mass is 127. The first-order valence-electron chi connectivity index (χ1n) is 5.71. The van der Waals surface area contributed by atoms with E-state index in [1.165, 1.54) is 3.57 Å². The lowest BCUT2D eigenvalue weighted by molar-refractivity contribution is 0.581. The van der Waals surface area contributed by atoms with E-state index in [1.54, 1.807) is 0 Å². The van der Waals surface area contributed by atoms with Gasteiger partial charge in [0.1, 0.15) is 0 Å². The second kappa shape index (κ2) is 6.12. The molecule has 1 aromatic heterocycles. The maximum absolute atomic E-state index is 6.37. The van der Waals surface area contributed by atoms with Crippen LogP contribution in [0.15, 0.2) is 47.1 Å². The number of rotatable bonds is 3. The Kier molecular flexibility index (Phi) is 4.75. The molecule has 4 heteroatoms. The normalized spacial score (nSPS) is 14.2. The molecule has 0 radical (unpaired) electrons. The molecule has 0 aliphatic rings. The lowest BCUT2D eigenvalue weighted by atomic mass is 9.92. The van der Waals surface area contributed by atoms with Crippen LogP contribution in [-0.2, 0) is 0 Å². The Hall–Kier alpha value is -0.460. The SMILES string of the molecule is CC(c1ccccn1)C(N)c1cc(Br)ccc1I. The Morgan fingerprint density at radius 1 is 1.28 bits per heavy atom. The minimum atomic E-state index is -0.0516. The monoisotopic (exact) mass is 416 g/mol. The van der Waals surface area contributed by atoms with Crippen LogP contribution in [0.25, 0.3) is 0 Å². The lowest BCUT2D eigenvalue weighted by Gasteiger charge is -2.21. The van der Waals surface area contributed by atoms with E-state index < -0.39 is 0 Å². The molecule has 0 bridgehead atoms. The zero-order valence-electron chi connectivity index (χ0n) is 9.98. The van der Waals surface area contributed by atoms with E-state index in [-0.39, 0.29) is 12.0 Å². The largest absolute Gasteiger partial charge is 0.323 e. The number of aromatic nitrogens is 1. The molecule has 2 nitrogen and oxygen atoms in total. The summed E-state index contributed by atoms with van der Waals surface area (Å²) in [6, 6.07) is 12.1. The molecule has 0 saturated carbocycles. The molecule has 2 rings (SSSR count). The first kappa shape index (κ1) is 14.0. The molecule has 2 N–H and O–H groups in total. The Bertz CT molecular complexity index is 531. The fraction of sp³-hybridized carbons (Fsp3) is 0.214. The number of hydrogen-bond donors (Lipinski definition) is 1. The molecule has 0 amide bonds. The highest BCUT2D eigenvalue weighted by Gasteiger charge is 2.19. The molecule has 0 saturated heterocycles. The minimum absolute atomic E-state index is 0.0516. The standard InChI is InChI=1S/C14H14BrIN2/c1-9(13-4-2-3-7-18-13)14(17)11-8-10(15)5-6-12(11)16/h2-9,14H,17H2,1H3. The molecule has 94 valence electrons. The van der Waals surface area contributed by atoms with E-state index in [4.69, 9.17) is 5.73 Å². The summed E-state index contributed by atoms with van der Waals surface area (Å²) in [5.41, 5.74) is 8.56. The average molecular weight is 417 g/mol. The third-order valence-electron chi connectivity index (χ3n) is 3.01.